The molecule has 0 saturated carbocycles. The van der Waals surface area contributed by atoms with E-state index in [4.69, 9.17) is 4.74 Å². The molecule has 27 heavy (non-hydrogen) atoms. The Morgan fingerprint density at radius 1 is 1.15 bits per heavy atom. The molecule has 0 fully saturated rings. The van der Waals surface area contributed by atoms with E-state index in [-0.39, 0.29) is 18.1 Å². The topological polar surface area (TPSA) is 68.3 Å². The van der Waals surface area contributed by atoms with E-state index in [1.54, 1.807) is 17.5 Å². The Morgan fingerprint density at radius 3 is 2.56 bits per heavy atom. The zero-order chi connectivity index (χ0) is 19.2. The molecule has 3 aromatic rings. The van der Waals surface area contributed by atoms with Crippen molar-refractivity contribution in [2.24, 2.45) is 0 Å². The van der Waals surface area contributed by atoms with Crippen LogP contribution in [0.3, 0.4) is 0 Å². The molecule has 0 unspecified atom stereocenters. The molecule has 0 aliphatic rings. The molecule has 0 aliphatic carbocycles. The van der Waals surface area contributed by atoms with Gasteiger partial charge >= 0.3 is 5.97 Å². The van der Waals surface area contributed by atoms with Gasteiger partial charge in [0.1, 0.15) is 10.8 Å². The molecule has 1 atom stereocenters. The van der Waals surface area contributed by atoms with E-state index >= 15 is 0 Å². The van der Waals surface area contributed by atoms with Crippen molar-refractivity contribution in [3.05, 3.63) is 77.1 Å². The van der Waals surface area contributed by atoms with Crippen LogP contribution in [0.2, 0.25) is 0 Å². The molecule has 0 aliphatic heterocycles. The van der Waals surface area contributed by atoms with Crippen LogP contribution in [0.25, 0.3) is 10.6 Å². The normalized spacial score (nSPS) is 11.6. The number of carbonyl (C=O) groups excluding carboxylic acids is 2. The van der Waals surface area contributed by atoms with Gasteiger partial charge in [0.25, 0.3) is 5.91 Å². The van der Waals surface area contributed by atoms with Gasteiger partial charge in [-0.25, -0.2) is 14.2 Å². The van der Waals surface area contributed by atoms with Crippen LogP contribution >= 0.6 is 11.3 Å². The lowest BCUT2D eigenvalue weighted by molar-refractivity contribution is -0.129. The maximum atomic E-state index is 12.9. The molecule has 0 bridgehead atoms. The van der Waals surface area contributed by atoms with Gasteiger partial charge in [-0.2, -0.15) is 0 Å². The van der Waals surface area contributed by atoms with E-state index in [9.17, 15) is 14.0 Å². The molecule has 5 nitrogen and oxygen atoms in total. The number of rotatable bonds is 6. The Balaban J connectivity index is 1.54. The molecule has 3 rings (SSSR count). The van der Waals surface area contributed by atoms with Crippen molar-refractivity contribution in [3.8, 4) is 10.6 Å². The van der Waals surface area contributed by atoms with Crippen molar-refractivity contribution >= 4 is 23.2 Å². The van der Waals surface area contributed by atoms with Gasteiger partial charge in [0.2, 0.25) is 0 Å². The Hall–Kier alpha value is -3.06. The third-order valence-electron chi connectivity index (χ3n) is 3.77. The predicted molar refractivity (Wildman–Crippen MR) is 101 cm³/mol. The Labute approximate surface area is 159 Å². The van der Waals surface area contributed by atoms with Gasteiger partial charge in [0.15, 0.2) is 11.8 Å². The van der Waals surface area contributed by atoms with Crippen molar-refractivity contribution in [1.29, 1.82) is 0 Å². The standard InChI is InChI=1S/C20H17FN2O3S/c1-13(18(24)22-11-14-7-9-16(21)10-8-14)26-20(25)17-12-27-19(23-17)15-5-3-2-4-6-15/h2-10,12-13H,11H2,1H3,(H,22,24)/t13-/m1/s1. The SMILES string of the molecule is C[C@@H](OC(=O)c1csc(-c2ccccc2)n1)C(=O)NCc1ccc(F)cc1. The number of nitrogens with zero attached hydrogens (tertiary/aromatic N) is 1. The lowest BCUT2D eigenvalue weighted by Crippen LogP contribution is -2.35. The third-order valence-corrected chi connectivity index (χ3v) is 4.66. The van der Waals surface area contributed by atoms with Gasteiger partial charge in [-0.15, -0.1) is 11.3 Å². The zero-order valence-corrected chi connectivity index (χ0v) is 15.3. The van der Waals surface area contributed by atoms with Crippen molar-refractivity contribution in [3.63, 3.8) is 0 Å². The molecule has 0 spiro atoms. The summed E-state index contributed by atoms with van der Waals surface area (Å²) in [5.41, 5.74) is 1.82. The summed E-state index contributed by atoms with van der Waals surface area (Å²) in [6.07, 6.45) is -0.972. The van der Waals surface area contributed by atoms with Crippen LogP contribution in [0.1, 0.15) is 23.0 Å². The maximum absolute atomic E-state index is 12.9. The number of amides is 1. The van der Waals surface area contributed by atoms with Crippen LogP contribution in [0.15, 0.2) is 60.0 Å². The second-order valence-electron chi connectivity index (χ2n) is 5.80. The smallest absolute Gasteiger partial charge is 0.358 e. The van der Waals surface area contributed by atoms with Crippen molar-refractivity contribution in [2.45, 2.75) is 19.6 Å². The summed E-state index contributed by atoms with van der Waals surface area (Å²) < 4.78 is 18.1. The fraction of sp³-hybridized carbons (Fsp3) is 0.150. The number of carbonyl (C=O) groups is 2. The van der Waals surface area contributed by atoms with Gasteiger partial charge in [0, 0.05) is 17.5 Å². The number of ether oxygens (including phenoxy) is 1. The minimum Gasteiger partial charge on any atom is -0.448 e. The largest absolute Gasteiger partial charge is 0.448 e. The summed E-state index contributed by atoms with van der Waals surface area (Å²) in [4.78, 5) is 28.6. The van der Waals surface area contributed by atoms with Gasteiger partial charge in [-0.1, -0.05) is 42.5 Å². The summed E-state index contributed by atoms with van der Waals surface area (Å²) in [7, 11) is 0. The average Bonchev–Trinajstić information content (AvgIpc) is 3.18. The first-order valence-electron chi connectivity index (χ1n) is 8.27. The van der Waals surface area contributed by atoms with E-state index in [0.29, 0.717) is 5.01 Å². The monoisotopic (exact) mass is 384 g/mol. The van der Waals surface area contributed by atoms with E-state index in [2.05, 4.69) is 10.3 Å². The molecule has 7 heteroatoms. The summed E-state index contributed by atoms with van der Waals surface area (Å²) in [5, 5.41) is 4.96. The van der Waals surface area contributed by atoms with Gasteiger partial charge in [0.05, 0.1) is 0 Å². The summed E-state index contributed by atoms with van der Waals surface area (Å²) in [6.45, 7) is 1.71. The number of hydrogen-bond acceptors (Lipinski definition) is 5. The molecule has 1 heterocycles. The number of aromatic nitrogens is 1. The van der Waals surface area contributed by atoms with E-state index < -0.39 is 18.0 Å². The molecular weight excluding hydrogens is 367 g/mol. The van der Waals surface area contributed by atoms with Crippen LogP contribution in [0.4, 0.5) is 4.39 Å². The first-order chi connectivity index (χ1) is 13.0. The number of halogens is 1. The molecule has 1 aromatic heterocycles. The molecule has 0 radical (unpaired) electrons. The second kappa shape index (κ2) is 8.55. The number of nitrogens with one attached hydrogen (secondary N) is 1. The molecule has 1 N–H and O–H groups in total. The number of thiazole rings is 1. The fourth-order valence-corrected chi connectivity index (χ4v) is 3.09. The maximum Gasteiger partial charge on any atom is 0.358 e. The van der Waals surface area contributed by atoms with Crippen LogP contribution in [-0.4, -0.2) is 23.0 Å². The Morgan fingerprint density at radius 2 is 1.85 bits per heavy atom. The van der Waals surface area contributed by atoms with E-state index in [0.717, 1.165) is 11.1 Å². The molecule has 2 aromatic carbocycles. The molecule has 1 amide bonds. The van der Waals surface area contributed by atoms with Crippen LogP contribution in [-0.2, 0) is 16.1 Å². The van der Waals surface area contributed by atoms with Crippen molar-refractivity contribution < 1.29 is 18.7 Å². The highest BCUT2D eigenvalue weighted by molar-refractivity contribution is 7.13. The Kier molecular flexibility index (Phi) is 5.93. The molecule has 0 saturated heterocycles. The summed E-state index contributed by atoms with van der Waals surface area (Å²) >= 11 is 1.33. The lowest BCUT2D eigenvalue weighted by Gasteiger charge is -2.12. The fourth-order valence-electron chi connectivity index (χ4n) is 2.29. The van der Waals surface area contributed by atoms with Crippen molar-refractivity contribution in [2.75, 3.05) is 0 Å². The van der Waals surface area contributed by atoms with Gasteiger partial charge < -0.3 is 10.1 Å². The number of hydrogen-bond donors (Lipinski definition) is 1. The highest BCUT2D eigenvalue weighted by Crippen LogP contribution is 2.23. The van der Waals surface area contributed by atoms with Crippen LogP contribution in [0.5, 0.6) is 0 Å². The first kappa shape index (κ1) is 18.7. The predicted octanol–water partition coefficient (Wildman–Crippen LogP) is 3.81. The first-order valence-corrected chi connectivity index (χ1v) is 9.15. The van der Waals surface area contributed by atoms with Crippen LogP contribution in [0, 0.1) is 5.82 Å². The highest BCUT2D eigenvalue weighted by Gasteiger charge is 2.21. The lowest BCUT2D eigenvalue weighted by atomic mass is 10.2. The molecular formula is C20H17FN2O3S. The van der Waals surface area contributed by atoms with E-state index in [1.165, 1.54) is 30.4 Å². The Bertz CT molecular complexity index is 926. The van der Waals surface area contributed by atoms with Gasteiger partial charge in [-0.05, 0) is 24.6 Å². The summed E-state index contributed by atoms with van der Waals surface area (Å²) in [5.74, 6) is -1.44. The minimum absolute atomic E-state index is 0.164. The number of esters is 1. The van der Waals surface area contributed by atoms with Gasteiger partial charge in [-0.3, -0.25) is 4.79 Å². The zero-order valence-electron chi connectivity index (χ0n) is 14.5. The summed E-state index contributed by atoms with van der Waals surface area (Å²) in [6, 6.07) is 15.3. The third kappa shape index (κ3) is 4.98. The minimum atomic E-state index is -0.972. The second-order valence-corrected chi connectivity index (χ2v) is 6.65. The average molecular weight is 384 g/mol. The highest BCUT2D eigenvalue weighted by atomic mass is 32.1. The van der Waals surface area contributed by atoms with E-state index in [1.807, 2.05) is 30.3 Å². The molecule has 138 valence electrons. The van der Waals surface area contributed by atoms with Crippen LogP contribution < -0.4 is 5.32 Å². The van der Waals surface area contributed by atoms with Crippen molar-refractivity contribution in [1.82, 2.24) is 10.3 Å². The quantitative estimate of drug-likeness (QED) is 0.656. The number of benzene rings is 2.